The van der Waals surface area contributed by atoms with Crippen LogP contribution in [-0.4, -0.2) is 29.4 Å². The third kappa shape index (κ3) is 4.45. The van der Waals surface area contributed by atoms with Gasteiger partial charge in [0, 0.05) is 11.8 Å². The summed E-state index contributed by atoms with van der Waals surface area (Å²) < 4.78 is 5.13. The van der Waals surface area contributed by atoms with E-state index in [2.05, 4.69) is 20.7 Å². The Bertz CT molecular complexity index is 912. The van der Waals surface area contributed by atoms with E-state index in [-0.39, 0.29) is 5.91 Å². The molecule has 6 heteroatoms. The van der Waals surface area contributed by atoms with Crippen LogP contribution in [0.15, 0.2) is 71.8 Å². The van der Waals surface area contributed by atoms with E-state index in [0.29, 0.717) is 11.4 Å². The predicted octanol–water partition coefficient (Wildman–Crippen LogP) is 3.51. The maximum atomic E-state index is 12.1. The third-order valence-electron chi connectivity index (χ3n) is 3.62. The minimum absolute atomic E-state index is 0.333. The van der Waals surface area contributed by atoms with Crippen molar-refractivity contribution in [2.24, 2.45) is 5.10 Å². The van der Waals surface area contributed by atoms with Crippen molar-refractivity contribution in [3.8, 4) is 17.0 Å². The van der Waals surface area contributed by atoms with Gasteiger partial charge in [0.25, 0.3) is 5.91 Å². The number of carbonyl (C=O) groups is 1. The summed E-state index contributed by atoms with van der Waals surface area (Å²) in [6.45, 7) is 0. The van der Waals surface area contributed by atoms with Crippen LogP contribution in [0.3, 0.4) is 0 Å². The Morgan fingerprint density at radius 1 is 1.15 bits per heavy atom. The van der Waals surface area contributed by atoms with E-state index in [1.165, 1.54) is 6.21 Å². The lowest BCUT2D eigenvalue weighted by Gasteiger charge is -1.99. The molecule has 130 valence electrons. The molecule has 1 heterocycles. The van der Waals surface area contributed by atoms with E-state index in [1.54, 1.807) is 19.3 Å². The number of aromatic amines is 1. The fourth-order valence-corrected chi connectivity index (χ4v) is 2.27. The molecule has 0 saturated heterocycles. The molecule has 0 aliphatic rings. The molecule has 0 aliphatic heterocycles. The molecule has 0 atom stereocenters. The molecule has 3 aromatic rings. The van der Waals surface area contributed by atoms with E-state index >= 15 is 0 Å². The number of methoxy groups -OCH3 is 1. The van der Waals surface area contributed by atoms with E-state index in [0.717, 1.165) is 16.9 Å². The smallest absolute Gasteiger partial charge is 0.289 e. The molecule has 0 aliphatic carbocycles. The number of rotatable bonds is 6. The Morgan fingerprint density at radius 2 is 1.92 bits per heavy atom. The first-order valence-corrected chi connectivity index (χ1v) is 8.01. The SMILES string of the molecule is COc1ccc(-c2cc(C(=O)NN=CC=Cc3ccccc3)[nH]n2)cc1. The van der Waals surface area contributed by atoms with Crippen LogP contribution >= 0.6 is 0 Å². The monoisotopic (exact) mass is 346 g/mol. The van der Waals surface area contributed by atoms with Crippen LogP contribution in [0.2, 0.25) is 0 Å². The number of hydrogen-bond acceptors (Lipinski definition) is 4. The average molecular weight is 346 g/mol. The van der Waals surface area contributed by atoms with E-state index in [4.69, 9.17) is 4.74 Å². The van der Waals surface area contributed by atoms with Crippen LogP contribution in [-0.2, 0) is 0 Å². The first kappa shape index (κ1) is 17.2. The van der Waals surface area contributed by atoms with E-state index < -0.39 is 0 Å². The second-order valence-corrected chi connectivity index (χ2v) is 5.38. The van der Waals surface area contributed by atoms with Crippen LogP contribution in [0.4, 0.5) is 0 Å². The quantitative estimate of drug-likeness (QED) is 0.529. The van der Waals surface area contributed by atoms with Gasteiger partial charge in [-0.2, -0.15) is 10.2 Å². The van der Waals surface area contributed by atoms with Crippen molar-refractivity contribution < 1.29 is 9.53 Å². The van der Waals surface area contributed by atoms with Gasteiger partial charge < -0.3 is 4.74 Å². The van der Waals surface area contributed by atoms with Gasteiger partial charge in [-0.1, -0.05) is 36.4 Å². The zero-order valence-electron chi connectivity index (χ0n) is 14.2. The third-order valence-corrected chi connectivity index (χ3v) is 3.62. The summed E-state index contributed by atoms with van der Waals surface area (Å²) in [6, 6.07) is 18.9. The molecule has 0 radical (unpaired) electrons. The van der Waals surface area contributed by atoms with Crippen molar-refractivity contribution in [1.29, 1.82) is 0 Å². The molecular formula is C20H18N4O2. The second-order valence-electron chi connectivity index (χ2n) is 5.38. The Balaban J connectivity index is 1.57. The topological polar surface area (TPSA) is 79.4 Å². The second kappa shape index (κ2) is 8.43. The number of hydrazone groups is 1. The Morgan fingerprint density at radius 3 is 2.65 bits per heavy atom. The standard InChI is InChI=1S/C20H18N4O2/c1-26-17-11-9-16(10-12-17)18-14-19(23-22-18)20(25)24-21-13-5-8-15-6-3-2-4-7-15/h2-14H,1H3,(H,22,23)(H,24,25). The molecule has 0 saturated carbocycles. The zero-order chi connectivity index (χ0) is 18.2. The van der Waals surface area contributed by atoms with Crippen molar-refractivity contribution >= 4 is 18.2 Å². The van der Waals surface area contributed by atoms with Crippen LogP contribution in [0, 0.1) is 0 Å². The van der Waals surface area contributed by atoms with Gasteiger partial charge in [0.05, 0.1) is 12.8 Å². The maximum absolute atomic E-state index is 12.1. The number of nitrogens with one attached hydrogen (secondary N) is 2. The van der Waals surface area contributed by atoms with Crippen molar-refractivity contribution in [1.82, 2.24) is 15.6 Å². The van der Waals surface area contributed by atoms with Gasteiger partial charge in [-0.15, -0.1) is 0 Å². The van der Waals surface area contributed by atoms with Crippen molar-refractivity contribution in [3.63, 3.8) is 0 Å². The molecule has 0 unspecified atom stereocenters. The van der Waals surface area contributed by atoms with Crippen molar-refractivity contribution in [2.75, 3.05) is 7.11 Å². The largest absolute Gasteiger partial charge is 0.497 e. The van der Waals surface area contributed by atoms with Crippen molar-refractivity contribution in [3.05, 3.63) is 78.0 Å². The highest BCUT2D eigenvalue weighted by Gasteiger charge is 2.10. The lowest BCUT2D eigenvalue weighted by atomic mass is 10.1. The summed E-state index contributed by atoms with van der Waals surface area (Å²) in [5.41, 5.74) is 5.40. The molecule has 0 spiro atoms. The Labute approximate surface area is 151 Å². The molecule has 26 heavy (non-hydrogen) atoms. The molecule has 3 rings (SSSR count). The minimum atomic E-state index is -0.360. The molecular weight excluding hydrogens is 328 g/mol. The van der Waals surface area contributed by atoms with E-state index in [1.807, 2.05) is 60.7 Å². The number of carbonyl (C=O) groups excluding carboxylic acids is 1. The highest BCUT2D eigenvalue weighted by Crippen LogP contribution is 2.21. The van der Waals surface area contributed by atoms with Crippen LogP contribution in [0.25, 0.3) is 17.3 Å². The average Bonchev–Trinajstić information content (AvgIpc) is 3.19. The van der Waals surface area contributed by atoms with Crippen LogP contribution in [0.5, 0.6) is 5.75 Å². The number of amides is 1. The number of benzene rings is 2. The summed E-state index contributed by atoms with van der Waals surface area (Å²) in [7, 11) is 1.61. The number of H-pyrrole nitrogens is 1. The number of nitrogens with zero attached hydrogens (tertiary/aromatic N) is 2. The number of ether oxygens (including phenoxy) is 1. The summed E-state index contributed by atoms with van der Waals surface area (Å²) in [5.74, 6) is 0.404. The Hall–Kier alpha value is -3.67. The van der Waals surface area contributed by atoms with Crippen LogP contribution < -0.4 is 10.2 Å². The lowest BCUT2D eigenvalue weighted by Crippen LogP contribution is -2.17. The summed E-state index contributed by atoms with van der Waals surface area (Å²) in [6.07, 6.45) is 5.17. The summed E-state index contributed by atoms with van der Waals surface area (Å²) in [4.78, 5) is 12.1. The summed E-state index contributed by atoms with van der Waals surface area (Å²) in [5, 5.41) is 10.8. The molecule has 0 bridgehead atoms. The van der Waals surface area contributed by atoms with Gasteiger partial charge in [-0.05, 0) is 42.0 Å². The number of aromatic nitrogens is 2. The van der Waals surface area contributed by atoms with Gasteiger partial charge in [0.1, 0.15) is 11.4 Å². The molecule has 0 fully saturated rings. The first-order valence-electron chi connectivity index (χ1n) is 8.01. The maximum Gasteiger partial charge on any atom is 0.289 e. The minimum Gasteiger partial charge on any atom is -0.497 e. The van der Waals surface area contributed by atoms with Crippen LogP contribution in [0.1, 0.15) is 16.1 Å². The van der Waals surface area contributed by atoms with E-state index in [9.17, 15) is 4.79 Å². The van der Waals surface area contributed by atoms with Gasteiger partial charge >= 0.3 is 0 Å². The molecule has 1 amide bonds. The molecule has 2 aromatic carbocycles. The molecule has 1 aromatic heterocycles. The fraction of sp³-hybridized carbons (Fsp3) is 0.0500. The predicted molar refractivity (Wildman–Crippen MR) is 102 cm³/mol. The number of hydrogen-bond donors (Lipinski definition) is 2. The molecule has 2 N–H and O–H groups in total. The van der Waals surface area contributed by atoms with Gasteiger partial charge in [0.15, 0.2) is 0 Å². The highest BCUT2D eigenvalue weighted by atomic mass is 16.5. The zero-order valence-corrected chi connectivity index (χ0v) is 14.2. The lowest BCUT2D eigenvalue weighted by molar-refractivity contribution is 0.0950. The van der Waals surface area contributed by atoms with Crippen molar-refractivity contribution in [2.45, 2.75) is 0 Å². The van der Waals surface area contributed by atoms with Gasteiger partial charge in [-0.3, -0.25) is 9.89 Å². The fourth-order valence-electron chi connectivity index (χ4n) is 2.27. The first-order chi connectivity index (χ1) is 12.8. The van der Waals surface area contributed by atoms with Gasteiger partial charge in [-0.25, -0.2) is 5.43 Å². The molecule has 6 nitrogen and oxygen atoms in total. The number of allylic oxidation sites excluding steroid dienone is 1. The summed E-state index contributed by atoms with van der Waals surface area (Å²) >= 11 is 0. The normalized spacial score (nSPS) is 11.1. The highest BCUT2D eigenvalue weighted by molar-refractivity contribution is 5.94. The Kier molecular flexibility index (Phi) is 5.57. The van der Waals surface area contributed by atoms with Gasteiger partial charge in [0.2, 0.25) is 0 Å².